The molecule has 0 aliphatic heterocycles. The van der Waals surface area contributed by atoms with Gasteiger partial charge in [-0.25, -0.2) is 0 Å². The molecule has 0 unspecified atom stereocenters. The molecular weight excluding hydrogens is 142 g/mol. The molecule has 0 aromatic rings. The maximum Gasteiger partial charge on any atom is 0.109 e. The van der Waals surface area contributed by atoms with E-state index >= 15 is 0 Å². The molecule has 1 N–H and O–H groups in total. The van der Waals surface area contributed by atoms with Crippen molar-refractivity contribution < 1.29 is 1.41 Å². The van der Waals surface area contributed by atoms with E-state index in [2.05, 4.69) is 39.3 Å². The molecular formula is C6H19NSi2. The van der Waals surface area contributed by atoms with E-state index in [0.29, 0.717) is 0 Å². The first-order chi connectivity index (χ1) is 4.15. The van der Waals surface area contributed by atoms with Crippen LogP contribution in [-0.4, -0.2) is 16.5 Å². The first-order valence-electron chi connectivity index (χ1n) is 3.89. The van der Waals surface area contributed by atoms with E-state index in [0.717, 1.165) is 0 Å². The Kier molecular flexibility index (Phi) is 2.13. The first-order valence-corrected chi connectivity index (χ1v) is 10.3. The van der Waals surface area contributed by atoms with Crippen LogP contribution in [0, 0.1) is 0 Å². The highest BCUT2D eigenvalue weighted by atomic mass is 28.4. The number of hydrogen-bond acceptors (Lipinski definition) is 1. The van der Waals surface area contributed by atoms with Crippen molar-refractivity contribution in [2.45, 2.75) is 39.3 Å². The molecule has 0 saturated carbocycles. The van der Waals surface area contributed by atoms with Crippen molar-refractivity contribution in [3.63, 3.8) is 0 Å². The van der Waals surface area contributed by atoms with Crippen molar-refractivity contribution in [1.29, 1.82) is 0 Å². The molecule has 9 heavy (non-hydrogen) atoms. The zero-order valence-electron chi connectivity index (χ0n) is 8.45. The van der Waals surface area contributed by atoms with E-state index in [4.69, 9.17) is 1.41 Å². The number of nitrogens with one attached hydrogen (secondary N) is 1. The SMILES string of the molecule is [2H]N([Si](C)(C)C)[Si](C)(C)C. The van der Waals surface area contributed by atoms with E-state index in [-0.39, 0.29) is 0 Å². The Bertz CT molecular complexity index is 99.9. The van der Waals surface area contributed by atoms with E-state index in [9.17, 15) is 0 Å². The van der Waals surface area contributed by atoms with Gasteiger partial charge in [-0.3, -0.25) is 0 Å². The van der Waals surface area contributed by atoms with Gasteiger partial charge >= 0.3 is 0 Å². The second kappa shape index (κ2) is 2.56. The highest BCUT2D eigenvalue weighted by molar-refractivity contribution is 6.90. The molecule has 0 aromatic carbocycles. The van der Waals surface area contributed by atoms with E-state index in [1.165, 1.54) is 0 Å². The Balaban J connectivity index is 4.23. The van der Waals surface area contributed by atoms with Crippen molar-refractivity contribution in [2.24, 2.45) is 0 Å². The van der Waals surface area contributed by atoms with Gasteiger partial charge in [0.2, 0.25) is 0 Å². The molecule has 0 aliphatic carbocycles. The van der Waals surface area contributed by atoms with E-state index < -0.39 is 16.5 Å². The van der Waals surface area contributed by atoms with Gasteiger partial charge in [0, 0.05) is 0 Å². The lowest BCUT2D eigenvalue weighted by Gasteiger charge is -2.28. The van der Waals surface area contributed by atoms with Gasteiger partial charge in [-0.05, 0) is 0 Å². The van der Waals surface area contributed by atoms with Crippen LogP contribution < -0.4 is 4.64 Å². The molecule has 0 spiro atoms. The molecule has 0 radical (unpaired) electrons. The smallest absolute Gasteiger partial charge is 0.109 e. The molecule has 0 rings (SSSR count). The highest BCUT2D eigenvalue weighted by Crippen LogP contribution is 2.02. The van der Waals surface area contributed by atoms with Gasteiger partial charge in [0.05, 0.1) is 0 Å². The fraction of sp³-hybridized carbons (Fsp3) is 1.00. The fourth-order valence-corrected chi connectivity index (χ4v) is 9.06. The maximum atomic E-state index is 7.83. The topological polar surface area (TPSA) is 12.0 Å². The quantitative estimate of drug-likeness (QED) is 0.614. The fourth-order valence-electron chi connectivity index (χ4n) is 1.01. The number of hydrogen-bond donors (Lipinski definition) is 1. The minimum Gasteiger partial charge on any atom is -0.360 e. The molecule has 0 atom stereocenters. The Morgan fingerprint density at radius 3 is 1.11 bits per heavy atom. The van der Waals surface area contributed by atoms with Gasteiger partial charge in [-0.15, -0.1) is 0 Å². The van der Waals surface area contributed by atoms with Crippen LogP contribution in [-0.2, 0) is 0 Å². The molecule has 0 aromatic heterocycles. The summed E-state index contributed by atoms with van der Waals surface area (Å²) in [5.74, 6) is 0. The Labute approximate surface area is 62.5 Å². The zero-order chi connectivity index (χ0) is 8.58. The predicted molar refractivity (Wildman–Crippen MR) is 49.8 cm³/mol. The first kappa shape index (κ1) is 7.50. The summed E-state index contributed by atoms with van der Waals surface area (Å²) in [7, 11) is -2.67. The summed E-state index contributed by atoms with van der Waals surface area (Å²) in [4.78, 5) is 0. The molecule has 3 heteroatoms. The van der Waals surface area contributed by atoms with Gasteiger partial charge in [-0.1, -0.05) is 39.3 Å². The lowest BCUT2D eigenvalue weighted by molar-refractivity contribution is 1.30. The summed E-state index contributed by atoms with van der Waals surface area (Å²) in [5.41, 5.74) is 0. The van der Waals surface area contributed by atoms with Crippen LogP contribution in [0.15, 0.2) is 0 Å². The van der Waals surface area contributed by atoms with Crippen LogP contribution >= 0.6 is 0 Å². The lowest BCUT2D eigenvalue weighted by Crippen LogP contribution is -2.55. The number of rotatable bonds is 2. The molecule has 0 bridgehead atoms. The maximum absolute atomic E-state index is 7.83. The molecule has 1 nitrogen and oxygen atoms in total. The van der Waals surface area contributed by atoms with Crippen molar-refractivity contribution in [1.82, 2.24) is 4.64 Å². The van der Waals surface area contributed by atoms with Crippen molar-refractivity contribution in [3.05, 3.63) is 0 Å². The van der Waals surface area contributed by atoms with Crippen molar-refractivity contribution in [3.8, 4) is 0 Å². The highest BCUT2D eigenvalue weighted by Gasteiger charge is 2.22. The summed E-state index contributed by atoms with van der Waals surface area (Å²) in [6.07, 6.45) is 0. The standard InChI is InChI=1S/C6H19NSi2/c1-8(2,3)7-9(4,5)6/h7H,1-6H3/i7D. The minimum absolute atomic E-state index is 1.33. The Morgan fingerprint density at radius 1 is 0.889 bits per heavy atom. The van der Waals surface area contributed by atoms with E-state index in [1.54, 1.807) is 0 Å². The summed E-state index contributed by atoms with van der Waals surface area (Å²) >= 11 is 0. The van der Waals surface area contributed by atoms with Crippen LogP contribution in [0.1, 0.15) is 0 Å². The van der Waals surface area contributed by atoms with E-state index in [1.807, 2.05) is 4.64 Å². The molecule has 0 amide bonds. The monoisotopic (exact) mass is 162 g/mol. The van der Waals surface area contributed by atoms with Crippen LogP contribution in [0.5, 0.6) is 0 Å². The minimum atomic E-state index is -1.33. The molecule has 0 aliphatic rings. The summed E-state index contributed by atoms with van der Waals surface area (Å²) in [6, 6.07) is 0. The van der Waals surface area contributed by atoms with Crippen molar-refractivity contribution in [2.75, 3.05) is 0 Å². The van der Waals surface area contributed by atoms with Crippen LogP contribution in [0.2, 0.25) is 40.7 Å². The summed E-state index contributed by atoms with van der Waals surface area (Å²) in [5, 5.41) is 0. The molecule has 0 fully saturated rings. The molecule has 0 saturated heterocycles. The third-order valence-electron chi connectivity index (χ3n) is 0.671. The third kappa shape index (κ3) is 8.39. The second-order valence-corrected chi connectivity index (χ2v) is 14.0. The van der Waals surface area contributed by atoms with Gasteiger partial charge in [-0.2, -0.15) is 0 Å². The second-order valence-electron chi connectivity index (χ2n) is 4.45. The molecule has 56 valence electrons. The van der Waals surface area contributed by atoms with Crippen LogP contribution in [0.25, 0.3) is 0 Å². The predicted octanol–water partition coefficient (Wildman–Crippen LogP) is 2.25. The van der Waals surface area contributed by atoms with Crippen LogP contribution in [0.4, 0.5) is 0 Å². The largest absolute Gasteiger partial charge is 0.360 e. The summed E-state index contributed by atoms with van der Waals surface area (Å²) < 4.78 is 9.73. The lowest BCUT2D eigenvalue weighted by atomic mass is 11.8. The van der Waals surface area contributed by atoms with Crippen molar-refractivity contribution >= 4 is 16.5 Å². The average molecular weight is 162 g/mol. The summed E-state index contributed by atoms with van der Waals surface area (Å²) in [6.45, 7) is 13.3. The third-order valence-corrected chi connectivity index (χ3v) is 6.04. The zero-order valence-corrected chi connectivity index (χ0v) is 9.45. The molecule has 0 heterocycles. The van der Waals surface area contributed by atoms with Gasteiger partial charge < -0.3 is 4.64 Å². The Hall–Kier alpha value is 0.394. The average Bonchev–Trinajstić information content (AvgIpc) is 1.59. The van der Waals surface area contributed by atoms with Crippen LogP contribution in [0.3, 0.4) is 0 Å². The van der Waals surface area contributed by atoms with Gasteiger partial charge in [0.25, 0.3) is 0 Å². The van der Waals surface area contributed by atoms with Gasteiger partial charge in [0.15, 0.2) is 0 Å². The van der Waals surface area contributed by atoms with Gasteiger partial charge in [0.1, 0.15) is 17.9 Å². The Morgan fingerprint density at radius 2 is 1.11 bits per heavy atom. The normalized spacial score (nSPS) is 16.1.